The molecule has 132 valence electrons. The Morgan fingerprint density at radius 1 is 0.481 bits per heavy atom. The summed E-state index contributed by atoms with van der Waals surface area (Å²) in [6.07, 6.45) is 7.46. The maximum Gasteiger partial charge on any atom is 0.168 e. The van der Waals surface area contributed by atoms with Crippen molar-refractivity contribution in [3.05, 3.63) is 72.8 Å². The monoisotopic (exact) mass is 366 g/mol. The molecule has 0 fully saturated rings. The predicted molar refractivity (Wildman–Crippen MR) is 89.4 cm³/mol. The quantitative estimate of drug-likeness (QED) is 0.553. The fourth-order valence-corrected chi connectivity index (χ4v) is 2.36. The van der Waals surface area contributed by atoms with E-state index in [0.29, 0.717) is 0 Å². The van der Waals surface area contributed by atoms with Gasteiger partial charge in [-0.25, -0.2) is 28.1 Å². The lowest BCUT2D eigenvalue weighted by Crippen LogP contribution is -2.03. The average molecular weight is 366 g/mol. The summed E-state index contributed by atoms with van der Waals surface area (Å²) in [6, 6.07) is 3.40. The molecule has 4 aromatic heterocycles. The largest absolute Gasteiger partial charge is 0.264 e. The first-order chi connectivity index (χ1) is 13.1. The molecule has 0 aliphatic heterocycles. The van der Waals surface area contributed by atoms with E-state index < -0.39 is 17.5 Å². The van der Waals surface area contributed by atoms with Gasteiger partial charge in [-0.15, -0.1) is 0 Å². The molecule has 0 aliphatic rings. The van der Waals surface area contributed by atoms with Crippen molar-refractivity contribution >= 4 is 0 Å². The van der Waals surface area contributed by atoms with Gasteiger partial charge in [0, 0.05) is 37.2 Å². The van der Waals surface area contributed by atoms with Gasteiger partial charge in [0.25, 0.3) is 0 Å². The first kappa shape index (κ1) is 16.7. The van der Waals surface area contributed by atoms with Crippen LogP contribution in [0.3, 0.4) is 0 Å². The van der Waals surface area contributed by atoms with Crippen molar-refractivity contribution in [2.45, 2.75) is 0 Å². The standard InChI is InChI=1S/C18H9F3N6/c19-13-1-4-22-7-10(13)16-25-17(11-8-23-5-2-14(11)20)27-18(26-16)12-9-24-6-3-15(12)21/h1-9H. The minimum absolute atomic E-state index is 0.0315. The number of aromatic nitrogens is 6. The van der Waals surface area contributed by atoms with Crippen LogP contribution in [0.4, 0.5) is 13.2 Å². The summed E-state index contributed by atoms with van der Waals surface area (Å²) in [6.45, 7) is 0. The Morgan fingerprint density at radius 2 is 0.778 bits per heavy atom. The van der Waals surface area contributed by atoms with Crippen LogP contribution in [0.1, 0.15) is 0 Å². The van der Waals surface area contributed by atoms with Crippen LogP contribution in [-0.2, 0) is 0 Å². The summed E-state index contributed by atoms with van der Waals surface area (Å²) in [4.78, 5) is 23.9. The molecule has 4 heterocycles. The highest BCUT2D eigenvalue weighted by Gasteiger charge is 2.18. The highest BCUT2D eigenvalue weighted by Crippen LogP contribution is 2.27. The third-order valence-corrected chi connectivity index (χ3v) is 3.66. The van der Waals surface area contributed by atoms with E-state index in [1.54, 1.807) is 0 Å². The van der Waals surface area contributed by atoms with Crippen LogP contribution >= 0.6 is 0 Å². The Kier molecular flexibility index (Phi) is 4.25. The summed E-state index contributed by atoms with van der Waals surface area (Å²) < 4.78 is 42.6. The van der Waals surface area contributed by atoms with Crippen molar-refractivity contribution in [1.29, 1.82) is 0 Å². The van der Waals surface area contributed by atoms with Gasteiger partial charge in [0.15, 0.2) is 17.5 Å². The van der Waals surface area contributed by atoms with Crippen molar-refractivity contribution in [2.75, 3.05) is 0 Å². The Hall–Kier alpha value is -3.75. The van der Waals surface area contributed by atoms with E-state index in [0.717, 1.165) is 18.2 Å². The smallest absolute Gasteiger partial charge is 0.168 e. The number of rotatable bonds is 3. The molecule has 0 saturated carbocycles. The lowest BCUT2D eigenvalue weighted by atomic mass is 10.2. The number of nitrogens with zero attached hydrogens (tertiary/aromatic N) is 6. The predicted octanol–water partition coefficient (Wildman–Crippen LogP) is 3.47. The molecule has 0 N–H and O–H groups in total. The van der Waals surface area contributed by atoms with E-state index in [4.69, 9.17) is 0 Å². The van der Waals surface area contributed by atoms with Crippen LogP contribution in [0, 0.1) is 17.5 Å². The van der Waals surface area contributed by atoms with E-state index in [2.05, 4.69) is 29.9 Å². The van der Waals surface area contributed by atoms with Crippen molar-refractivity contribution < 1.29 is 13.2 Å². The number of pyridine rings is 3. The van der Waals surface area contributed by atoms with Gasteiger partial charge in [-0.05, 0) is 18.2 Å². The minimum Gasteiger partial charge on any atom is -0.264 e. The Bertz CT molecular complexity index is 981. The second-order valence-electron chi connectivity index (χ2n) is 5.37. The fraction of sp³-hybridized carbons (Fsp3) is 0. The van der Waals surface area contributed by atoms with Crippen LogP contribution in [0.25, 0.3) is 34.2 Å². The molecule has 4 aromatic rings. The maximum absolute atomic E-state index is 14.2. The SMILES string of the molecule is Fc1ccncc1-c1nc(-c2cnccc2F)nc(-c2cnccc2F)n1. The zero-order valence-electron chi connectivity index (χ0n) is 13.5. The second kappa shape index (κ2) is 6.87. The topological polar surface area (TPSA) is 77.3 Å². The maximum atomic E-state index is 14.2. The average Bonchev–Trinajstić information content (AvgIpc) is 2.69. The highest BCUT2D eigenvalue weighted by molar-refractivity contribution is 5.65. The van der Waals surface area contributed by atoms with Crippen molar-refractivity contribution in [2.24, 2.45) is 0 Å². The molecule has 0 spiro atoms. The van der Waals surface area contributed by atoms with Gasteiger partial charge in [0.05, 0.1) is 16.7 Å². The Balaban J connectivity index is 1.99. The van der Waals surface area contributed by atoms with Crippen LogP contribution in [0.5, 0.6) is 0 Å². The molecule has 6 nitrogen and oxygen atoms in total. The molecule has 0 aliphatic carbocycles. The summed E-state index contributed by atoms with van der Waals surface area (Å²) in [5.41, 5.74) is -0.0945. The van der Waals surface area contributed by atoms with E-state index in [9.17, 15) is 13.2 Å². The molecule has 27 heavy (non-hydrogen) atoms. The van der Waals surface area contributed by atoms with E-state index in [1.807, 2.05) is 0 Å². The zero-order chi connectivity index (χ0) is 18.8. The molecule has 9 heteroatoms. The highest BCUT2D eigenvalue weighted by atomic mass is 19.1. The van der Waals surface area contributed by atoms with Crippen LogP contribution in [0.2, 0.25) is 0 Å². The molecule has 0 amide bonds. The van der Waals surface area contributed by atoms with Gasteiger partial charge in [0.1, 0.15) is 17.5 Å². The van der Waals surface area contributed by atoms with E-state index in [-0.39, 0.29) is 34.2 Å². The summed E-state index contributed by atoms with van der Waals surface area (Å²) >= 11 is 0. The van der Waals surface area contributed by atoms with Crippen LogP contribution in [0.15, 0.2) is 55.4 Å². The van der Waals surface area contributed by atoms with Gasteiger partial charge in [-0.2, -0.15) is 0 Å². The van der Waals surface area contributed by atoms with Gasteiger partial charge in [-0.3, -0.25) is 15.0 Å². The van der Waals surface area contributed by atoms with E-state index >= 15 is 0 Å². The Labute approximate surface area is 150 Å². The van der Waals surface area contributed by atoms with Gasteiger partial charge in [-0.1, -0.05) is 0 Å². The summed E-state index contributed by atoms with van der Waals surface area (Å²) in [5, 5.41) is 0. The van der Waals surface area contributed by atoms with Crippen LogP contribution in [-0.4, -0.2) is 29.9 Å². The first-order valence-corrected chi connectivity index (χ1v) is 7.69. The number of hydrogen-bond acceptors (Lipinski definition) is 6. The lowest BCUT2D eigenvalue weighted by Gasteiger charge is -2.09. The van der Waals surface area contributed by atoms with Gasteiger partial charge < -0.3 is 0 Å². The third kappa shape index (κ3) is 3.22. The van der Waals surface area contributed by atoms with Crippen molar-refractivity contribution in [3.63, 3.8) is 0 Å². The molecule has 0 atom stereocenters. The van der Waals surface area contributed by atoms with E-state index in [1.165, 1.54) is 37.2 Å². The molecule has 0 bridgehead atoms. The molecule has 4 rings (SSSR count). The molecule has 0 saturated heterocycles. The number of hydrogen-bond donors (Lipinski definition) is 0. The fourth-order valence-electron chi connectivity index (χ4n) is 2.36. The van der Waals surface area contributed by atoms with Crippen molar-refractivity contribution in [1.82, 2.24) is 29.9 Å². The molecule has 0 unspecified atom stereocenters. The Morgan fingerprint density at radius 3 is 1.04 bits per heavy atom. The van der Waals surface area contributed by atoms with Gasteiger partial charge in [0.2, 0.25) is 0 Å². The third-order valence-electron chi connectivity index (χ3n) is 3.66. The zero-order valence-corrected chi connectivity index (χ0v) is 13.5. The first-order valence-electron chi connectivity index (χ1n) is 7.69. The van der Waals surface area contributed by atoms with Crippen molar-refractivity contribution in [3.8, 4) is 34.2 Å². The molecular weight excluding hydrogens is 357 g/mol. The number of halogens is 3. The summed E-state index contributed by atoms with van der Waals surface area (Å²) in [7, 11) is 0. The molecule has 0 aromatic carbocycles. The minimum atomic E-state index is -0.633. The lowest BCUT2D eigenvalue weighted by molar-refractivity contribution is 0.625. The van der Waals surface area contributed by atoms with Gasteiger partial charge >= 0.3 is 0 Å². The summed E-state index contributed by atoms with van der Waals surface area (Å²) in [5.74, 6) is -2.25. The molecular formula is C18H9F3N6. The molecule has 0 radical (unpaired) electrons. The van der Waals surface area contributed by atoms with Crippen LogP contribution < -0.4 is 0 Å². The normalized spacial score (nSPS) is 10.8. The second-order valence-corrected chi connectivity index (χ2v) is 5.37.